The van der Waals surface area contributed by atoms with Crippen molar-refractivity contribution >= 4 is 58.1 Å². The Bertz CT molecular complexity index is 1410. The number of carbonyl (C=O) groups excluding carboxylic acids is 1. The van der Waals surface area contributed by atoms with Crippen LogP contribution in [-0.2, 0) is 4.79 Å². The standard InChI is InChI=1S/C25H17ClN4O2S/c1-2-24(31)29-17-5-9-22-20(11-17)25(15(13-27)14-28-22)30-16-3-6-18(7-4-16)32-19-8-10-23(33)21(26)12-19/h2-12,14,33H,1H2,(H,28,30)(H,29,31). The summed E-state index contributed by atoms with van der Waals surface area (Å²) in [5.74, 6) is 0.895. The summed E-state index contributed by atoms with van der Waals surface area (Å²) in [5.41, 5.74) is 2.95. The van der Waals surface area contributed by atoms with Crippen molar-refractivity contribution in [3.8, 4) is 17.6 Å². The number of anilines is 3. The third-order valence-electron chi connectivity index (χ3n) is 4.72. The highest BCUT2D eigenvalue weighted by molar-refractivity contribution is 7.80. The third kappa shape index (κ3) is 5.09. The van der Waals surface area contributed by atoms with Crippen molar-refractivity contribution in [1.82, 2.24) is 4.98 Å². The monoisotopic (exact) mass is 472 g/mol. The fraction of sp³-hybridized carbons (Fsp3) is 0. The van der Waals surface area contributed by atoms with Gasteiger partial charge in [-0.3, -0.25) is 9.78 Å². The highest BCUT2D eigenvalue weighted by Gasteiger charge is 2.11. The van der Waals surface area contributed by atoms with Gasteiger partial charge in [-0.05, 0) is 60.7 Å². The van der Waals surface area contributed by atoms with Gasteiger partial charge in [0.2, 0.25) is 5.91 Å². The molecule has 0 unspecified atom stereocenters. The van der Waals surface area contributed by atoms with Gasteiger partial charge in [0.05, 0.1) is 21.8 Å². The number of aromatic nitrogens is 1. The normalized spacial score (nSPS) is 10.3. The zero-order valence-corrected chi connectivity index (χ0v) is 18.8. The lowest BCUT2D eigenvalue weighted by molar-refractivity contribution is -0.111. The fourth-order valence-electron chi connectivity index (χ4n) is 3.12. The minimum absolute atomic E-state index is 0.325. The average Bonchev–Trinajstić information content (AvgIpc) is 2.83. The Balaban J connectivity index is 1.62. The number of nitriles is 1. The summed E-state index contributed by atoms with van der Waals surface area (Å²) >= 11 is 10.3. The molecule has 8 heteroatoms. The van der Waals surface area contributed by atoms with Crippen LogP contribution in [0.3, 0.4) is 0 Å². The van der Waals surface area contributed by atoms with Gasteiger partial charge in [0.25, 0.3) is 0 Å². The van der Waals surface area contributed by atoms with Gasteiger partial charge in [0.1, 0.15) is 17.6 Å². The second-order valence-electron chi connectivity index (χ2n) is 6.95. The lowest BCUT2D eigenvalue weighted by Gasteiger charge is -2.13. The number of ether oxygens (including phenoxy) is 1. The third-order valence-corrected chi connectivity index (χ3v) is 5.55. The molecule has 0 fully saturated rings. The molecule has 1 heterocycles. The molecule has 0 atom stereocenters. The Morgan fingerprint density at radius 2 is 1.82 bits per heavy atom. The smallest absolute Gasteiger partial charge is 0.247 e. The first-order valence-corrected chi connectivity index (χ1v) is 10.6. The first-order valence-electron chi connectivity index (χ1n) is 9.76. The number of hydrogen-bond donors (Lipinski definition) is 3. The van der Waals surface area contributed by atoms with Crippen LogP contribution >= 0.6 is 24.2 Å². The summed E-state index contributed by atoms with van der Waals surface area (Å²) in [6.45, 7) is 3.46. The maximum atomic E-state index is 11.7. The molecule has 0 saturated carbocycles. The number of thiol groups is 1. The van der Waals surface area contributed by atoms with E-state index >= 15 is 0 Å². The summed E-state index contributed by atoms with van der Waals surface area (Å²) in [6.07, 6.45) is 2.71. The molecule has 0 aliphatic heterocycles. The maximum Gasteiger partial charge on any atom is 0.247 e. The first-order chi connectivity index (χ1) is 16.0. The molecular formula is C25H17ClN4O2S. The average molecular weight is 473 g/mol. The molecule has 0 radical (unpaired) electrons. The Hall–Kier alpha value is -3.99. The van der Waals surface area contributed by atoms with E-state index in [1.54, 1.807) is 48.5 Å². The summed E-state index contributed by atoms with van der Waals surface area (Å²) in [6, 6.07) is 20.0. The molecule has 0 saturated heterocycles. The topological polar surface area (TPSA) is 87.0 Å². The van der Waals surface area contributed by atoms with Crippen LogP contribution in [0.5, 0.6) is 11.5 Å². The van der Waals surface area contributed by atoms with Gasteiger partial charge in [0.15, 0.2) is 0 Å². The fourth-order valence-corrected chi connectivity index (χ4v) is 3.43. The van der Waals surface area contributed by atoms with Crippen LogP contribution in [0.15, 0.2) is 84.4 Å². The van der Waals surface area contributed by atoms with Gasteiger partial charge in [0, 0.05) is 33.9 Å². The van der Waals surface area contributed by atoms with Crippen molar-refractivity contribution in [2.24, 2.45) is 0 Å². The molecule has 1 aromatic heterocycles. The molecule has 4 aromatic rings. The van der Waals surface area contributed by atoms with E-state index in [0.29, 0.717) is 49.3 Å². The van der Waals surface area contributed by atoms with Gasteiger partial charge in [-0.1, -0.05) is 18.2 Å². The van der Waals surface area contributed by atoms with E-state index in [4.69, 9.17) is 16.3 Å². The predicted octanol–water partition coefficient (Wildman–Crippen LogP) is 6.71. The molecule has 0 spiro atoms. The molecule has 4 rings (SSSR count). The number of amides is 1. The van der Waals surface area contributed by atoms with Crippen LogP contribution in [0.25, 0.3) is 10.9 Å². The lowest BCUT2D eigenvalue weighted by atomic mass is 10.1. The maximum absolute atomic E-state index is 11.7. The van der Waals surface area contributed by atoms with Crippen LogP contribution in [0.4, 0.5) is 17.1 Å². The van der Waals surface area contributed by atoms with Crippen LogP contribution in [0.2, 0.25) is 5.02 Å². The molecule has 0 aliphatic carbocycles. The van der Waals surface area contributed by atoms with Crippen LogP contribution < -0.4 is 15.4 Å². The Kier molecular flexibility index (Phi) is 6.50. The van der Waals surface area contributed by atoms with Crippen molar-refractivity contribution in [3.05, 3.63) is 90.1 Å². The minimum Gasteiger partial charge on any atom is -0.457 e. The molecule has 162 valence electrons. The zero-order chi connectivity index (χ0) is 23.4. The number of rotatable bonds is 6. The molecule has 2 N–H and O–H groups in total. The van der Waals surface area contributed by atoms with Crippen molar-refractivity contribution in [3.63, 3.8) is 0 Å². The molecule has 6 nitrogen and oxygen atoms in total. The van der Waals surface area contributed by atoms with Gasteiger partial charge >= 0.3 is 0 Å². The number of pyridine rings is 1. The second kappa shape index (κ2) is 9.65. The number of hydrogen-bond acceptors (Lipinski definition) is 6. The van der Waals surface area contributed by atoms with Gasteiger partial charge in [-0.15, -0.1) is 12.6 Å². The van der Waals surface area contributed by atoms with Gasteiger partial charge in [-0.2, -0.15) is 5.26 Å². The van der Waals surface area contributed by atoms with E-state index < -0.39 is 0 Å². The summed E-state index contributed by atoms with van der Waals surface area (Å²) < 4.78 is 5.84. The summed E-state index contributed by atoms with van der Waals surface area (Å²) in [5, 5.41) is 16.8. The van der Waals surface area contributed by atoms with Crippen molar-refractivity contribution in [2.75, 3.05) is 10.6 Å². The van der Waals surface area contributed by atoms with E-state index in [2.05, 4.69) is 40.9 Å². The number of carbonyl (C=O) groups is 1. The largest absolute Gasteiger partial charge is 0.457 e. The SMILES string of the molecule is C=CC(=O)Nc1ccc2ncc(C#N)c(Nc3ccc(Oc4ccc(S)c(Cl)c4)cc3)c2c1. The Morgan fingerprint density at radius 3 is 2.52 bits per heavy atom. The summed E-state index contributed by atoms with van der Waals surface area (Å²) in [4.78, 5) is 16.7. The molecule has 3 aromatic carbocycles. The molecule has 0 bridgehead atoms. The number of halogens is 1. The first kappa shape index (κ1) is 22.2. The van der Waals surface area contributed by atoms with Crippen LogP contribution in [0.1, 0.15) is 5.56 Å². The van der Waals surface area contributed by atoms with Crippen molar-refractivity contribution in [1.29, 1.82) is 5.26 Å². The zero-order valence-electron chi connectivity index (χ0n) is 17.2. The molecule has 33 heavy (non-hydrogen) atoms. The Labute approximate surface area is 200 Å². The van der Waals surface area contributed by atoms with E-state index in [1.165, 1.54) is 12.3 Å². The quantitative estimate of drug-likeness (QED) is 0.214. The van der Waals surface area contributed by atoms with Gasteiger partial charge in [-0.25, -0.2) is 0 Å². The molecular weight excluding hydrogens is 456 g/mol. The number of nitrogens with one attached hydrogen (secondary N) is 2. The number of benzene rings is 3. The minimum atomic E-state index is -0.325. The highest BCUT2D eigenvalue weighted by atomic mass is 35.5. The van der Waals surface area contributed by atoms with Crippen LogP contribution in [-0.4, -0.2) is 10.9 Å². The van der Waals surface area contributed by atoms with Crippen molar-refractivity contribution < 1.29 is 9.53 Å². The van der Waals surface area contributed by atoms with Gasteiger partial charge < -0.3 is 15.4 Å². The van der Waals surface area contributed by atoms with E-state index in [9.17, 15) is 10.1 Å². The number of fused-ring (bicyclic) bond motifs is 1. The molecule has 0 aliphatic rings. The number of nitrogens with zero attached hydrogens (tertiary/aromatic N) is 2. The molecule has 1 amide bonds. The highest BCUT2D eigenvalue weighted by Crippen LogP contribution is 2.33. The predicted molar refractivity (Wildman–Crippen MR) is 134 cm³/mol. The summed E-state index contributed by atoms with van der Waals surface area (Å²) in [7, 11) is 0. The lowest BCUT2D eigenvalue weighted by Crippen LogP contribution is -2.07. The van der Waals surface area contributed by atoms with Crippen molar-refractivity contribution in [2.45, 2.75) is 4.90 Å². The van der Waals surface area contributed by atoms with E-state index in [0.717, 1.165) is 5.69 Å². The Morgan fingerprint density at radius 1 is 1.09 bits per heavy atom. The van der Waals surface area contributed by atoms with Crippen LogP contribution in [0, 0.1) is 11.3 Å². The van der Waals surface area contributed by atoms with E-state index in [-0.39, 0.29) is 5.91 Å². The van der Waals surface area contributed by atoms with E-state index in [1.807, 2.05) is 12.1 Å². The second-order valence-corrected chi connectivity index (χ2v) is 7.84.